The second-order valence-electron chi connectivity index (χ2n) is 10.2. The summed E-state index contributed by atoms with van der Waals surface area (Å²) in [5.74, 6) is 1.57. The average Bonchev–Trinajstić information content (AvgIpc) is 3.38. The molecule has 3 aromatic heterocycles. The number of H-pyrrole nitrogens is 1. The SMILES string of the molecule is CC(C)(C#N)c1ccc(-c2n[nH]c3cnc4ccc(C5CCN(c6ccccn6)CC5)cc4c23)cc1. The molecule has 0 atom stereocenters. The van der Waals surface area contributed by atoms with Gasteiger partial charge in [-0.3, -0.25) is 10.1 Å². The molecule has 0 bridgehead atoms. The first kappa shape index (κ1) is 22.2. The Balaban J connectivity index is 1.34. The summed E-state index contributed by atoms with van der Waals surface area (Å²) >= 11 is 0. The minimum atomic E-state index is -0.524. The number of anilines is 1. The van der Waals surface area contributed by atoms with Crippen molar-refractivity contribution in [3.05, 3.63) is 84.2 Å². The van der Waals surface area contributed by atoms with E-state index >= 15 is 0 Å². The van der Waals surface area contributed by atoms with Crippen LogP contribution in [0.5, 0.6) is 0 Å². The molecule has 1 saturated heterocycles. The van der Waals surface area contributed by atoms with Gasteiger partial charge in [0.05, 0.1) is 28.7 Å². The molecule has 0 saturated carbocycles. The molecule has 2 aromatic carbocycles. The van der Waals surface area contributed by atoms with E-state index in [9.17, 15) is 5.26 Å². The minimum absolute atomic E-state index is 0.507. The highest BCUT2D eigenvalue weighted by atomic mass is 15.2. The van der Waals surface area contributed by atoms with Crippen LogP contribution in [0.25, 0.3) is 33.1 Å². The van der Waals surface area contributed by atoms with Gasteiger partial charge in [-0.1, -0.05) is 36.4 Å². The summed E-state index contributed by atoms with van der Waals surface area (Å²) in [7, 11) is 0. The number of nitrogens with zero attached hydrogens (tertiary/aromatic N) is 5. The van der Waals surface area contributed by atoms with Gasteiger partial charge in [0.1, 0.15) is 11.5 Å². The molecule has 0 unspecified atom stereocenters. The van der Waals surface area contributed by atoms with Gasteiger partial charge >= 0.3 is 0 Å². The zero-order chi connectivity index (χ0) is 24.7. The predicted octanol–water partition coefficient (Wildman–Crippen LogP) is 6.36. The van der Waals surface area contributed by atoms with Gasteiger partial charge in [0.2, 0.25) is 0 Å². The molecule has 0 amide bonds. The van der Waals surface area contributed by atoms with Crippen molar-refractivity contribution in [3.63, 3.8) is 0 Å². The van der Waals surface area contributed by atoms with Crippen LogP contribution >= 0.6 is 0 Å². The monoisotopic (exact) mass is 472 g/mol. The molecule has 1 aliphatic heterocycles. The minimum Gasteiger partial charge on any atom is -0.357 e. The number of aromatic nitrogens is 4. The molecule has 36 heavy (non-hydrogen) atoms. The standard InChI is InChI=1S/C30H28N6/c1-30(2,19-31)23-9-6-21(7-10-23)29-28-24-17-22(8-11-25(24)33-18-26(28)34-35-29)20-12-15-36(16-13-20)27-5-3-4-14-32-27/h3-11,14,17-18,20H,12-13,15-16H2,1-2H3,(H,34,35). The van der Waals surface area contributed by atoms with Crippen LogP contribution in [0.15, 0.2) is 73.1 Å². The lowest BCUT2D eigenvalue weighted by atomic mass is 9.85. The second kappa shape index (κ2) is 8.76. The number of hydrogen-bond acceptors (Lipinski definition) is 5. The number of hydrogen-bond donors (Lipinski definition) is 1. The Morgan fingerprint density at radius 3 is 2.53 bits per heavy atom. The lowest BCUT2D eigenvalue weighted by Gasteiger charge is -2.33. The molecule has 1 N–H and O–H groups in total. The highest BCUT2D eigenvalue weighted by Crippen LogP contribution is 2.36. The molecule has 1 aliphatic rings. The van der Waals surface area contributed by atoms with Gasteiger partial charge in [0.15, 0.2) is 0 Å². The van der Waals surface area contributed by atoms with Crippen molar-refractivity contribution in [2.45, 2.75) is 38.0 Å². The predicted molar refractivity (Wildman–Crippen MR) is 144 cm³/mol. The summed E-state index contributed by atoms with van der Waals surface area (Å²) in [4.78, 5) is 11.6. The van der Waals surface area contributed by atoms with Crippen molar-refractivity contribution in [2.75, 3.05) is 18.0 Å². The van der Waals surface area contributed by atoms with Crippen molar-refractivity contribution in [3.8, 4) is 17.3 Å². The molecule has 1 fully saturated rings. The molecule has 6 heteroatoms. The van der Waals surface area contributed by atoms with Gasteiger partial charge in [-0.25, -0.2) is 4.98 Å². The van der Waals surface area contributed by atoms with E-state index in [0.717, 1.165) is 70.4 Å². The third-order valence-electron chi connectivity index (χ3n) is 7.52. The van der Waals surface area contributed by atoms with Crippen LogP contribution < -0.4 is 4.90 Å². The summed E-state index contributed by atoms with van der Waals surface area (Å²) in [6.07, 6.45) is 5.93. The number of pyridine rings is 2. The van der Waals surface area contributed by atoms with Crippen LogP contribution in [0.1, 0.15) is 43.7 Å². The van der Waals surface area contributed by atoms with Crippen LogP contribution in [-0.4, -0.2) is 33.3 Å². The van der Waals surface area contributed by atoms with Crippen molar-refractivity contribution in [1.29, 1.82) is 5.26 Å². The van der Waals surface area contributed by atoms with E-state index in [1.54, 1.807) is 0 Å². The van der Waals surface area contributed by atoms with Gasteiger partial charge in [0, 0.05) is 35.6 Å². The molecule has 0 spiro atoms. The van der Waals surface area contributed by atoms with E-state index in [0.29, 0.717) is 5.92 Å². The summed E-state index contributed by atoms with van der Waals surface area (Å²) in [6.45, 7) is 5.88. The van der Waals surface area contributed by atoms with E-state index in [-0.39, 0.29) is 0 Å². The normalized spacial score (nSPS) is 14.9. The van der Waals surface area contributed by atoms with Crippen LogP contribution in [0.2, 0.25) is 0 Å². The number of rotatable bonds is 4. The Bertz CT molecular complexity index is 1570. The Morgan fingerprint density at radius 1 is 1.00 bits per heavy atom. The van der Waals surface area contributed by atoms with Crippen molar-refractivity contribution >= 4 is 27.6 Å². The van der Waals surface area contributed by atoms with Crippen LogP contribution in [0.4, 0.5) is 5.82 Å². The fourth-order valence-electron chi connectivity index (χ4n) is 5.28. The molecular formula is C30H28N6. The first-order chi connectivity index (χ1) is 17.5. The van der Waals surface area contributed by atoms with Gasteiger partial charge in [-0.2, -0.15) is 10.4 Å². The maximum atomic E-state index is 9.49. The zero-order valence-electron chi connectivity index (χ0n) is 20.6. The van der Waals surface area contributed by atoms with E-state index in [4.69, 9.17) is 0 Å². The Kier molecular flexibility index (Phi) is 5.41. The lowest BCUT2D eigenvalue weighted by Crippen LogP contribution is -2.33. The van der Waals surface area contributed by atoms with Crippen molar-refractivity contribution in [2.24, 2.45) is 0 Å². The largest absolute Gasteiger partial charge is 0.357 e. The summed E-state index contributed by atoms with van der Waals surface area (Å²) in [6, 6.07) is 23.4. The third kappa shape index (κ3) is 3.87. The van der Waals surface area contributed by atoms with Gasteiger partial charge in [-0.05, 0) is 68.0 Å². The van der Waals surface area contributed by atoms with Crippen LogP contribution in [0.3, 0.4) is 0 Å². The van der Waals surface area contributed by atoms with Gasteiger partial charge in [0.25, 0.3) is 0 Å². The van der Waals surface area contributed by atoms with E-state index in [2.05, 4.69) is 73.6 Å². The van der Waals surface area contributed by atoms with Gasteiger partial charge < -0.3 is 4.90 Å². The molecule has 0 radical (unpaired) electrons. The second-order valence-corrected chi connectivity index (χ2v) is 10.2. The third-order valence-corrected chi connectivity index (χ3v) is 7.52. The Labute approximate surface area is 210 Å². The Hall–Kier alpha value is -4.24. The highest BCUT2D eigenvalue weighted by Gasteiger charge is 2.23. The fourth-order valence-corrected chi connectivity index (χ4v) is 5.28. The number of nitriles is 1. The summed E-state index contributed by atoms with van der Waals surface area (Å²) in [5, 5.41) is 19.6. The number of nitrogens with one attached hydrogen (secondary N) is 1. The Morgan fingerprint density at radius 2 is 1.81 bits per heavy atom. The summed E-state index contributed by atoms with van der Waals surface area (Å²) < 4.78 is 0. The van der Waals surface area contributed by atoms with E-state index in [1.807, 2.05) is 44.4 Å². The number of fused-ring (bicyclic) bond motifs is 3. The maximum absolute atomic E-state index is 9.49. The molecule has 4 heterocycles. The number of piperidine rings is 1. The van der Waals surface area contributed by atoms with Crippen molar-refractivity contribution in [1.82, 2.24) is 20.2 Å². The smallest absolute Gasteiger partial charge is 0.128 e. The molecule has 6 nitrogen and oxygen atoms in total. The molecule has 0 aliphatic carbocycles. The maximum Gasteiger partial charge on any atom is 0.128 e. The fraction of sp³-hybridized carbons (Fsp3) is 0.267. The number of aromatic amines is 1. The molecular weight excluding hydrogens is 444 g/mol. The first-order valence-corrected chi connectivity index (χ1v) is 12.5. The van der Waals surface area contributed by atoms with E-state index in [1.165, 1.54) is 5.56 Å². The van der Waals surface area contributed by atoms with Crippen LogP contribution in [-0.2, 0) is 5.41 Å². The van der Waals surface area contributed by atoms with Crippen LogP contribution in [0, 0.1) is 11.3 Å². The van der Waals surface area contributed by atoms with E-state index < -0.39 is 5.41 Å². The molecule has 178 valence electrons. The average molecular weight is 473 g/mol. The summed E-state index contributed by atoms with van der Waals surface area (Å²) in [5.41, 5.74) is 5.68. The molecule has 5 aromatic rings. The zero-order valence-corrected chi connectivity index (χ0v) is 20.6. The lowest BCUT2D eigenvalue weighted by molar-refractivity contribution is 0.503. The topological polar surface area (TPSA) is 81.5 Å². The molecule has 6 rings (SSSR count). The number of benzene rings is 2. The first-order valence-electron chi connectivity index (χ1n) is 12.5. The quantitative estimate of drug-likeness (QED) is 0.329. The van der Waals surface area contributed by atoms with Crippen molar-refractivity contribution < 1.29 is 0 Å². The highest BCUT2D eigenvalue weighted by molar-refractivity contribution is 6.11. The van der Waals surface area contributed by atoms with Gasteiger partial charge in [-0.15, -0.1) is 0 Å².